The third kappa shape index (κ3) is 3.58. The standard InChI is InChI=1S/C34H22Cl2FNO4/c1-42-22-6-4-5-19(16-22)31(39)30-29(25-12-10-20(35)17-26(25)36)34(32(40)23-7-2-3-8-24(23)33(34)41)28-14-9-18-15-21(37)11-13-27(18)38(28)30/h2-17,28-30H,1H3/t28-,29-,30+/m1/s1. The summed E-state index contributed by atoms with van der Waals surface area (Å²) < 4.78 is 19.8. The van der Waals surface area contributed by atoms with Gasteiger partial charge in [0.2, 0.25) is 0 Å². The molecule has 0 radical (unpaired) electrons. The van der Waals surface area contributed by atoms with Crippen LogP contribution in [0.25, 0.3) is 6.08 Å². The van der Waals surface area contributed by atoms with E-state index in [-0.39, 0.29) is 22.4 Å². The van der Waals surface area contributed by atoms with Gasteiger partial charge in [-0.05, 0) is 48.0 Å². The number of carbonyl (C=O) groups excluding carboxylic acids is 3. The first-order valence-corrected chi connectivity index (χ1v) is 14.1. The molecule has 0 N–H and O–H groups in total. The van der Waals surface area contributed by atoms with E-state index in [0.29, 0.717) is 44.3 Å². The van der Waals surface area contributed by atoms with Crippen LogP contribution in [0, 0.1) is 11.2 Å². The molecule has 5 nitrogen and oxygen atoms in total. The van der Waals surface area contributed by atoms with Crippen molar-refractivity contribution in [2.75, 3.05) is 12.0 Å². The number of Topliss-reactive ketones (excluding diaryl/α,β-unsaturated/α-hetero) is 3. The van der Waals surface area contributed by atoms with Crippen molar-refractivity contribution in [3.8, 4) is 5.75 Å². The van der Waals surface area contributed by atoms with Crippen LogP contribution in [0.3, 0.4) is 0 Å². The summed E-state index contributed by atoms with van der Waals surface area (Å²) in [7, 11) is 1.51. The Labute approximate surface area is 251 Å². The lowest BCUT2D eigenvalue weighted by molar-refractivity contribution is 0.0666. The summed E-state index contributed by atoms with van der Waals surface area (Å²) in [6.45, 7) is 0. The van der Waals surface area contributed by atoms with Crippen molar-refractivity contribution in [3.05, 3.63) is 135 Å². The highest BCUT2D eigenvalue weighted by Gasteiger charge is 2.71. The predicted octanol–water partition coefficient (Wildman–Crippen LogP) is 7.46. The van der Waals surface area contributed by atoms with Crippen LogP contribution in [0.5, 0.6) is 5.75 Å². The summed E-state index contributed by atoms with van der Waals surface area (Å²) >= 11 is 13.1. The van der Waals surface area contributed by atoms with Gasteiger partial charge in [-0.15, -0.1) is 0 Å². The normalized spacial score (nSPS) is 21.3. The molecule has 208 valence electrons. The highest BCUT2D eigenvalue weighted by Crippen LogP contribution is 2.61. The minimum Gasteiger partial charge on any atom is -0.497 e. The zero-order chi connectivity index (χ0) is 29.3. The molecule has 1 spiro atoms. The summed E-state index contributed by atoms with van der Waals surface area (Å²) in [4.78, 5) is 45.9. The van der Waals surface area contributed by atoms with E-state index in [9.17, 15) is 18.8 Å². The molecule has 3 aliphatic rings. The third-order valence-corrected chi connectivity index (χ3v) is 9.25. The summed E-state index contributed by atoms with van der Waals surface area (Å²) in [5, 5.41) is 0.604. The number of nitrogens with zero attached hydrogens (tertiary/aromatic N) is 1. The molecule has 1 fully saturated rings. The van der Waals surface area contributed by atoms with E-state index >= 15 is 0 Å². The number of ether oxygens (including phenoxy) is 1. The number of fused-ring (bicyclic) bond motifs is 5. The van der Waals surface area contributed by atoms with E-state index < -0.39 is 29.2 Å². The molecule has 2 heterocycles. The maximum Gasteiger partial charge on any atom is 0.186 e. The first-order valence-electron chi connectivity index (χ1n) is 13.3. The highest BCUT2D eigenvalue weighted by molar-refractivity contribution is 6.36. The summed E-state index contributed by atoms with van der Waals surface area (Å²) in [6, 6.07) is 20.6. The van der Waals surface area contributed by atoms with Gasteiger partial charge in [-0.1, -0.05) is 77.8 Å². The second-order valence-electron chi connectivity index (χ2n) is 10.7. The minimum absolute atomic E-state index is 0.232. The third-order valence-electron chi connectivity index (χ3n) is 8.69. The summed E-state index contributed by atoms with van der Waals surface area (Å²) in [5.74, 6) is -2.09. The van der Waals surface area contributed by atoms with E-state index in [2.05, 4.69) is 0 Å². The number of benzene rings is 4. The molecule has 0 saturated carbocycles. The lowest BCUT2D eigenvalue weighted by Crippen LogP contribution is -2.48. The van der Waals surface area contributed by atoms with E-state index in [1.807, 2.05) is 0 Å². The van der Waals surface area contributed by atoms with Crippen molar-refractivity contribution in [2.45, 2.75) is 18.0 Å². The van der Waals surface area contributed by atoms with Crippen molar-refractivity contribution in [2.24, 2.45) is 5.41 Å². The number of hydrogen-bond acceptors (Lipinski definition) is 5. The molecular weight excluding hydrogens is 576 g/mol. The van der Waals surface area contributed by atoms with Crippen molar-refractivity contribution in [3.63, 3.8) is 0 Å². The van der Waals surface area contributed by atoms with Crippen molar-refractivity contribution >= 4 is 52.3 Å². The van der Waals surface area contributed by atoms with Gasteiger partial charge in [0.1, 0.15) is 23.0 Å². The molecule has 0 aromatic heterocycles. The summed E-state index contributed by atoms with van der Waals surface area (Å²) in [6.07, 6.45) is 3.45. The lowest BCUT2D eigenvalue weighted by Gasteiger charge is -2.37. The molecule has 1 aliphatic carbocycles. The van der Waals surface area contributed by atoms with Crippen LogP contribution in [0.2, 0.25) is 10.0 Å². The van der Waals surface area contributed by atoms with Gasteiger partial charge >= 0.3 is 0 Å². The largest absolute Gasteiger partial charge is 0.497 e. The van der Waals surface area contributed by atoms with Crippen LogP contribution in [-0.4, -0.2) is 36.5 Å². The van der Waals surface area contributed by atoms with Crippen LogP contribution in [-0.2, 0) is 0 Å². The van der Waals surface area contributed by atoms with Gasteiger partial charge in [-0.2, -0.15) is 0 Å². The van der Waals surface area contributed by atoms with Gasteiger partial charge in [-0.3, -0.25) is 14.4 Å². The van der Waals surface area contributed by atoms with Crippen molar-refractivity contribution in [1.29, 1.82) is 0 Å². The molecule has 7 rings (SSSR count). The Kier molecular flexibility index (Phi) is 6.12. The second-order valence-corrected chi connectivity index (χ2v) is 11.5. The fourth-order valence-corrected chi connectivity index (χ4v) is 7.52. The SMILES string of the molecule is COc1cccc(C(=O)[C@@H]2[C@@H](c3ccc(Cl)cc3Cl)C3(C(=O)c4ccccc4C3=O)[C@H]3C=Cc4cc(F)ccc4N23)c1. The van der Waals surface area contributed by atoms with Crippen LogP contribution < -0.4 is 9.64 Å². The molecule has 8 heteroatoms. The monoisotopic (exact) mass is 597 g/mol. The second kappa shape index (κ2) is 9.65. The van der Waals surface area contributed by atoms with Crippen LogP contribution in [0.4, 0.5) is 10.1 Å². The number of carbonyl (C=O) groups is 3. The Morgan fingerprint density at radius 3 is 2.33 bits per heavy atom. The Bertz CT molecular complexity index is 1830. The lowest BCUT2D eigenvalue weighted by atomic mass is 9.64. The quantitative estimate of drug-likeness (QED) is 0.180. The molecule has 3 atom stereocenters. The maximum atomic E-state index is 14.7. The highest BCUT2D eigenvalue weighted by atomic mass is 35.5. The number of ketones is 3. The zero-order valence-corrected chi connectivity index (χ0v) is 23.7. The number of hydrogen-bond donors (Lipinski definition) is 0. The average Bonchev–Trinajstić information content (AvgIpc) is 3.42. The first kappa shape index (κ1) is 26.6. The van der Waals surface area contributed by atoms with Gasteiger partial charge in [0.05, 0.1) is 13.2 Å². The molecule has 4 aromatic carbocycles. The van der Waals surface area contributed by atoms with Gasteiger partial charge < -0.3 is 9.64 Å². The van der Waals surface area contributed by atoms with Crippen LogP contribution >= 0.6 is 23.2 Å². The maximum absolute atomic E-state index is 14.7. The number of rotatable bonds is 4. The van der Waals surface area contributed by atoms with Crippen LogP contribution in [0.1, 0.15) is 48.1 Å². The fraction of sp³-hybridized carbons (Fsp3) is 0.147. The van der Waals surface area contributed by atoms with Crippen molar-refractivity contribution < 1.29 is 23.5 Å². The number of anilines is 1. The molecule has 0 bridgehead atoms. The van der Waals surface area contributed by atoms with Gasteiger partial charge in [0.15, 0.2) is 17.3 Å². The Hall–Kier alpha value is -4.26. The van der Waals surface area contributed by atoms with Gasteiger partial charge in [0, 0.05) is 43.9 Å². The topological polar surface area (TPSA) is 63.7 Å². The Morgan fingerprint density at radius 2 is 1.64 bits per heavy atom. The van der Waals surface area contributed by atoms with Gasteiger partial charge in [0.25, 0.3) is 0 Å². The minimum atomic E-state index is -1.73. The fourth-order valence-electron chi connectivity index (χ4n) is 6.99. The predicted molar refractivity (Wildman–Crippen MR) is 160 cm³/mol. The van der Waals surface area contributed by atoms with Gasteiger partial charge in [-0.25, -0.2) is 4.39 Å². The first-order chi connectivity index (χ1) is 20.3. The van der Waals surface area contributed by atoms with Crippen LogP contribution in [0.15, 0.2) is 91.0 Å². The van der Waals surface area contributed by atoms with E-state index in [4.69, 9.17) is 27.9 Å². The number of halogens is 3. The van der Waals surface area contributed by atoms with Crippen molar-refractivity contribution in [1.82, 2.24) is 0 Å². The Balaban J connectivity index is 1.56. The zero-order valence-electron chi connectivity index (χ0n) is 22.2. The Morgan fingerprint density at radius 1 is 0.905 bits per heavy atom. The molecule has 1 saturated heterocycles. The molecule has 0 unspecified atom stereocenters. The molecular formula is C34H22Cl2FNO4. The summed E-state index contributed by atoms with van der Waals surface area (Å²) in [5.41, 5.74) is 0.706. The van der Waals surface area contributed by atoms with E-state index in [1.54, 1.807) is 89.8 Å². The molecule has 0 amide bonds. The van der Waals surface area contributed by atoms with E-state index in [1.165, 1.54) is 19.2 Å². The molecule has 4 aromatic rings. The van der Waals surface area contributed by atoms with E-state index in [0.717, 1.165) is 0 Å². The smallest absolute Gasteiger partial charge is 0.186 e. The average molecular weight is 598 g/mol. The number of methoxy groups -OCH3 is 1. The molecule has 2 aliphatic heterocycles. The molecule has 42 heavy (non-hydrogen) atoms.